The zero-order valence-corrected chi connectivity index (χ0v) is 24.7. The maximum absolute atomic E-state index is 13.4. The molecule has 0 saturated carbocycles. The lowest BCUT2D eigenvalue weighted by atomic mass is 10.2. The highest BCUT2D eigenvalue weighted by molar-refractivity contribution is 7.09. The first kappa shape index (κ1) is 29.4. The van der Waals surface area contributed by atoms with Crippen molar-refractivity contribution in [3.05, 3.63) is 118 Å². The molecule has 2 aromatic heterocycles. The third-order valence-corrected chi connectivity index (χ3v) is 8.19. The van der Waals surface area contributed by atoms with Gasteiger partial charge in [0.25, 0.3) is 11.8 Å². The van der Waals surface area contributed by atoms with Gasteiger partial charge in [-0.15, -0.1) is 11.3 Å². The predicted octanol–water partition coefficient (Wildman–Crippen LogP) is 5.66. The van der Waals surface area contributed by atoms with Crippen LogP contribution in [0.5, 0.6) is 0 Å². The number of amides is 2. The van der Waals surface area contributed by atoms with Gasteiger partial charge in [0.2, 0.25) is 0 Å². The third kappa shape index (κ3) is 7.60. The van der Waals surface area contributed by atoms with Gasteiger partial charge in [0.1, 0.15) is 16.5 Å². The molecule has 218 valence electrons. The number of carbonyl (C=O) groups is 2. The fourth-order valence-electron chi connectivity index (χ4n) is 5.07. The number of aromatic nitrogens is 2. The molecule has 0 radical (unpaired) electrons. The molecule has 1 aliphatic heterocycles. The molecule has 0 atom stereocenters. The zero-order chi connectivity index (χ0) is 29.3. The number of benzene rings is 2. The zero-order valence-electron chi connectivity index (χ0n) is 23.9. The molecule has 4 aromatic rings. The van der Waals surface area contributed by atoms with E-state index in [-0.39, 0.29) is 17.6 Å². The Kier molecular flexibility index (Phi) is 9.94. The van der Waals surface area contributed by atoms with E-state index in [1.165, 1.54) is 41.2 Å². The van der Waals surface area contributed by atoms with Crippen molar-refractivity contribution < 1.29 is 14.0 Å². The summed E-state index contributed by atoms with van der Waals surface area (Å²) in [6, 6.07) is 19.9. The van der Waals surface area contributed by atoms with Crippen molar-refractivity contribution in [1.29, 1.82) is 0 Å². The SMILES string of the molecule is CCCN(Cc1cccn1Cc1nc(C(=O)N2CCN(CC=Cc3ccccc3)CC2)cs1)C(=O)c1ccc(F)cc1. The largest absolute Gasteiger partial charge is 0.343 e. The van der Waals surface area contributed by atoms with Gasteiger partial charge >= 0.3 is 0 Å². The average molecular weight is 586 g/mol. The first-order valence-corrected chi connectivity index (χ1v) is 15.2. The van der Waals surface area contributed by atoms with Gasteiger partial charge in [0.15, 0.2) is 0 Å². The second-order valence-electron chi connectivity index (χ2n) is 10.4. The molecule has 0 aliphatic carbocycles. The van der Waals surface area contributed by atoms with Crippen molar-refractivity contribution in [2.24, 2.45) is 0 Å². The number of carbonyl (C=O) groups excluding carboxylic acids is 2. The Labute approximate surface area is 250 Å². The van der Waals surface area contributed by atoms with Crippen molar-refractivity contribution in [1.82, 2.24) is 24.3 Å². The van der Waals surface area contributed by atoms with Gasteiger partial charge in [-0.25, -0.2) is 9.37 Å². The molecular weight excluding hydrogens is 549 g/mol. The van der Waals surface area contributed by atoms with Crippen LogP contribution in [0.15, 0.2) is 84.4 Å². The average Bonchev–Trinajstić information content (AvgIpc) is 3.67. The van der Waals surface area contributed by atoms with Gasteiger partial charge in [-0.05, 0) is 48.4 Å². The maximum Gasteiger partial charge on any atom is 0.273 e. The fraction of sp³-hybridized carbons (Fsp3) is 0.303. The van der Waals surface area contributed by atoms with E-state index in [2.05, 4.69) is 38.7 Å². The van der Waals surface area contributed by atoms with Crippen LogP contribution in [0.25, 0.3) is 6.08 Å². The van der Waals surface area contributed by atoms with Crippen LogP contribution in [-0.4, -0.2) is 75.3 Å². The van der Waals surface area contributed by atoms with Crippen molar-refractivity contribution in [3.8, 4) is 0 Å². The number of hydrogen-bond acceptors (Lipinski definition) is 5. The van der Waals surface area contributed by atoms with E-state index in [1.807, 2.05) is 53.7 Å². The normalized spacial score (nSPS) is 14.0. The summed E-state index contributed by atoms with van der Waals surface area (Å²) in [5, 5.41) is 2.68. The van der Waals surface area contributed by atoms with Crippen molar-refractivity contribution in [2.45, 2.75) is 26.4 Å². The number of rotatable bonds is 11. The van der Waals surface area contributed by atoms with Crippen LogP contribution < -0.4 is 0 Å². The molecule has 0 N–H and O–H groups in total. The van der Waals surface area contributed by atoms with Gasteiger partial charge in [-0.2, -0.15) is 0 Å². The van der Waals surface area contributed by atoms with Gasteiger partial charge in [0, 0.05) is 62.1 Å². The molecule has 2 amide bonds. The van der Waals surface area contributed by atoms with Crippen molar-refractivity contribution in [3.63, 3.8) is 0 Å². The summed E-state index contributed by atoms with van der Waals surface area (Å²) in [5.74, 6) is -0.513. The monoisotopic (exact) mass is 585 g/mol. The Morgan fingerprint density at radius 3 is 2.50 bits per heavy atom. The molecular formula is C33H36FN5O2S. The Balaban J connectivity index is 1.15. The lowest BCUT2D eigenvalue weighted by molar-refractivity contribution is 0.0644. The molecule has 3 heterocycles. The summed E-state index contributed by atoms with van der Waals surface area (Å²) in [4.78, 5) is 37.0. The molecule has 1 fully saturated rings. The summed E-state index contributed by atoms with van der Waals surface area (Å²) in [7, 11) is 0. The number of nitrogens with zero attached hydrogens (tertiary/aromatic N) is 5. The highest BCUT2D eigenvalue weighted by Crippen LogP contribution is 2.18. The molecule has 2 aromatic carbocycles. The second kappa shape index (κ2) is 14.2. The molecule has 0 spiro atoms. The molecule has 0 unspecified atom stereocenters. The minimum absolute atomic E-state index is 0.0243. The summed E-state index contributed by atoms with van der Waals surface area (Å²) < 4.78 is 15.4. The molecule has 5 rings (SSSR count). The van der Waals surface area contributed by atoms with Crippen LogP contribution in [0.1, 0.15) is 50.5 Å². The van der Waals surface area contributed by atoms with E-state index in [0.29, 0.717) is 44.0 Å². The van der Waals surface area contributed by atoms with Gasteiger partial charge in [0.05, 0.1) is 13.1 Å². The van der Waals surface area contributed by atoms with Gasteiger partial charge < -0.3 is 14.4 Å². The summed E-state index contributed by atoms with van der Waals surface area (Å²) in [5.41, 5.74) is 3.12. The third-order valence-electron chi connectivity index (χ3n) is 7.36. The van der Waals surface area contributed by atoms with Crippen LogP contribution in [0.2, 0.25) is 0 Å². The number of halogens is 1. The lowest BCUT2D eigenvalue weighted by Gasteiger charge is -2.33. The van der Waals surface area contributed by atoms with Crippen LogP contribution >= 0.6 is 11.3 Å². The first-order valence-electron chi connectivity index (χ1n) is 14.4. The minimum Gasteiger partial charge on any atom is -0.343 e. The summed E-state index contributed by atoms with van der Waals surface area (Å²) in [6.45, 7) is 7.46. The van der Waals surface area contributed by atoms with Crippen molar-refractivity contribution in [2.75, 3.05) is 39.3 Å². The summed E-state index contributed by atoms with van der Waals surface area (Å²) in [6.07, 6.45) is 7.09. The van der Waals surface area contributed by atoms with Crippen LogP contribution in [0.3, 0.4) is 0 Å². The molecule has 1 aliphatic rings. The van der Waals surface area contributed by atoms with Crippen LogP contribution in [0.4, 0.5) is 4.39 Å². The Hall–Kier alpha value is -4.08. The van der Waals surface area contributed by atoms with E-state index in [1.54, 1.807) is 4.90 Å². The molecule has 9 heteroatoms. The van der Waals surface area contributed by atoms with Crippen molar-refractivity contribution >= 4 is 29.2 Å². The molecule has 42 heavy (non-hydrogen) atoms. The van der Waals surface area contributed by atoms with E-state index >= 15 is 0 Å². The van der Waals surface area contributed by atoms with E-state index in [0.717, 1.165) is 36.8 Å². The second-order valence-corrected chi connectivity index (χ2v) is 11.3. The minimum atomic E-state index is -0.363. The smallest absolute Gasteiger partial charge is 0.273 e. The Bertz CT molecular complexity index is 1490. The van der Waals surface area contributed by atoms with E-state index in [9.17, 15) is 14.0 Å². The van der Waals surface area contributed by atoms with E-state index < -0.39 is 0 Å². The van der Waals surface area contributed by atoms with Gasteiger partial charge in [-0.1, -0.05) is 49.4 Å². The number of hydrogen-bond donors (Lipinski definition) is 0. The maximum atomic E-state index is 13.4. The standard InChI is InChI=1S/C33H36FN5O2S/c1-2-16-39(32(40)27-12-14-28(34)15-13-27)23-29-11-7-18-38(29)24-31-35-30(25-42-31)33(41)37-21-19-36(20-22-37)17-6-10-26-8-4-3-5-9-26/h3-15,18,25H,2,16-17,19-24H2,1H3. The Morgan fingerprint density at radius 2 is 1.76 bits per heavy atom. The topological polar surface area (TPSA) is 61.7 Å². The molecule has 7 nitrogen and oxygen atoms in total. The van der Waals surface area contributed by atoms with Crippen LogP contribution in [-0.2, 0) is 13.1 Å². The highest BCUT2D eigenvalue weighted by Gasteiger charge is 2.24. The molecule has 1 saturated heterocycles. The van der Waals surface area contributed by atoms with E-state index in [4.69, 9.17) is 0 Å². The van der Waals surface area contributed by atoms with Crippen LogP contribution in [0, 0.1) is 5.82 Å². The first-order chi connectivity index (χ1) is 20.5. The number of thiazole rings is 1. The highest BCUT2D eigenvalue weighted by atomic mass is 32.1. The quantitative estimate of drug-likeness (QED) is 0.228. The lowest BCUT2D eigenvalue weighted by Crippen LogP contribution is -2.48. The fourth-order valence-corrected chi connectivity index (χ4v) is 5.83. The Morgan fingerprint density at radius 1 is 1.00 bits per heavy atom. The van der Waals surface area contributed by atoms with Gasteiger partial charge in [-0.3, -0.25) is 14.5 Å². The summed E-state index contributed by atoms with van der Waals surface area (Å²) >= 11 is 1.48. The molecule has 0 bridgehead atoms. The number of piperazine rings is 1. The predicted molar refractivity (Wildman–Crippen MR) is 165 cm³/mol.